The van der Waals surface area contributed by atoms with Crippen molar-refractivity contribution in [3.05, 3.63) is 96.1 Å². The van der Waals surface area contributed by atoms with E-state index in [0.29, 0.717) is 6.61 Å². The number of hydrogen-bond donors (Lipinski definition) is 1. The third-order valence-electron chi connectivity index (χ3n) is 4.48. The molecule has 3 nitrogen and oxygen atoms in total. The molecule has 0 aliphatic rings. The highest BCUT2D eigenvalue weighted by Gasteiger charge is 2.13. The van der Waals surface area contributed by atoms with Gasteiger partial charge in [-0.05, 0) is 35.2 Å². The van der Waals surface area contributed by atoms with Gasteiger partial charge in [0.25, 0.3) is 0 Å². The van der Waals surface area contributed by atoms with Crippen LogP contribution in [0.5, 0.6) is 0 Å². The Morgan fingerprint density at radius 3 is 2.17 bits per heavy atom. The number of amides is 1. The molecular weight excluding hydrogens is 358 g/mol. The van der Waals surface area contributed by atoms with E-state index in [0.717, 1.165) is 35.1 Å². The summed E-state index contributed by atoms with van der Waals surface area (Å²) in [5, 5.41) is 2.89. The van der Waals surface area contributed by atoms with E-state index in [4.69, 9.17) is 4.74 Å². The van der Waals surface area contributed by atoms with Crippen LogP contribution in [-0.2, 0) is 4.74 Å². The Morgan fingerprint density at radius 1 is 0.897 bits per heavy atom. The summed E-state index contributed by atoms with van der Waals surface area (Å²) in [7, 11) is 0. The Balaban J connectivity index is 1.80. The fraction of sp³-hybridized carbons (Fsp3) is 0.192. The molecule has 3 aromatic carbocycles. The van der Waals surface area contributed by atoms with Crippen molar-refractivity contribution in [1.82, 2.24) is 5.32 Å². The van der Waals surface area contributed by atoms with Crippen molar-refractivity contribution in [3.63, 3.8) is 0 Å². The van der Waals surface area contributed by atoms with Crippen molar-refractivity contribution in [2.24, 2.45) is 0 Å². The van der Waals surface area contributed by atoms with Gasteiger partial charge in [0.05, 0.1) is 6.61 Å². The van der Waals surface area contributed by atoms with Gasteiger partial charge in [0, 0.05) is 5.56 Å². The number of rotatable bonds is 6. The standard InChI is InChI=1S/C26H25NO2/c1-2-3-20-29-26(28)27-25(19-14-21-10-6-4-7-11-21)24-17-15-23(16-18-24)22-12-8-5-9-13-22/h4-13,15-18,25H,2-3,20H2,1H3,(H,27,28). The summed E-state index contributed by atoms with van der Waals surface area (Å²) in [6.45, 7) is 2.47. The van der Waals surface area contributed by atoms with Gasteiger partial charge in [-0.15, -0.1) is 0 Å². The summed E-state index contributed by atoms with van der Waals surface area (Å²) >= 11 is 0. The zero-order valence-corrected chi connectivity index (χ0v) is 16.6. The maximum absolute atomic E-state index is 12.2. The van der Waals surface area contributed by atoms with Gasteiger partial charge in [0.2, 0.25) is 0 Å². The predicted molar refractivity (Wildman–Crippen MR) is 117 cm³/mol. The van der Waals surface area contributed by atoms with E-state index < -0.39 is 12.1 Å². The second-order valence-electron chi connectivity index (χ2n) is 6.69. The number of ether oxygens (including phenoxy) is 1. The molecule has 3 heteroatoms. The van der Waals surface area contributed by atoms with Crippen LogP contribution in [0.1, 0.15) is 36.9 Å². The van der Waals surface area contributed by atoms with E-state index in [1.807, 2.05) is 72.8 Å². The summed E-state index contributed by atoms with van der Waals surface area (Å²) in [6.07, 6.45) is 1.38. The van der Waals surface area contributed by atoms with Crippen LogP contribution in [0.3, 0.4) is 0 Å². The monoisotopic (exact) mass is 383 g/mol. The fourth-order valence-electron chi connectivity index (χ4n) is 2.85. The second kappa shape index (κ2) is 10.7. The first-order valence-corrected chi connectivity index (χ1v) is 9.91. The lowest BCUT2D eigenvalue weighted by Crippen LogP contribution is -2.28. The molecule has 0 aromatic heterocycles. The summed E-state index contributed by atoms with van der Waals surface area (Å²) in [6, 6.07) is 27.6. The van der Waals surface area contributed by atoms with Crippen LogP contribution < -0.4 is 5.32 Å². The molecule has 3 rings (SSSR count). The van der Waals surface area contributed by atoms with Crippen LogP contribution in [0.25, 0.3) is 11.1 Å². The number of benzene rings is 3. The summed E-state index contributed by atoms with van der Waals surface area (Å²) in [5.41, 5.74) is 4.09. The van der Waals surface area contributed by atoms with Crippen LogP contribution in [0.2, 0.25) is 0 Å². The van der Waals surface area contributed by atoms with E-state index in [2.05, 4.69) is 36.2 Å². The molecule has 0 bridgehead atoms. The van der Waals surface area contributed by atoms with Crippen LogP contribution >= 0.6 is 0 Å². The van der Waals surface area contributed by atoms with E-state index in [1.165, 1.54) is 0 Å². The highest BCUT2D eigenvalue weighted by molar-refractivity contribution is 5.69. The van der Waals surface area contributed by atoms with Crippen molar-refractivity contribution in [2.45, 2.75) is 25.8 Å². The van der Waals surface area contributed by atoms with Gasteiger partial charge in [-0.1, -0.05) is 98.0 Å². The van der Waals surface area contributed by atoms with E-state index >= 15 is 0 Å². The van der Waals surface area contributed by atoms with Gasteiger partial charge in [-0.2, -0.15) is 0 Å². The molecule has 0 heterocycles. The Bertz CT molecular complexity index is 954. The van der Waals surface area contributed by atoms with Crippen molar-refractivity contribution < 1.29 is 9.53 Å². The van der Waals surface area contributed by atoms with E-state index in [1.54, 1.807) is 0 Å². The van der Waals surface area contributed by atoms with Crippen molar-refractivity contribution in [3.8, 4) is 23.0 Å². The van der Waals surface area contributed by atoms with Gasteiger partial charge in [0.15, 0.2) is 0 Å². The molecule has 0 fully saturated rings. The highest BCUT2D eigenvalue weighted by Crippen LogP contribution is 2.22. The average Bonchev–Trinajstić information content (AvgIpc) is 2.78. The molecule has 1 N–H and O–H groups in total. The molecule has 1 atom stereocenters. The molecule has 0 saturated heterocycles. The minimum atomic E-state index is -0.450. The number of carbonyl (C=O) groups excluding carboxylic acids is 1. The Morgan fingerprint density at radius 2 is 1.52 bits per heavy atom. The minimum Gasteiger partial charge on any atom is -0.450 e. The van der Waals surface area contributed by atoms with Crippen LogP contribution in [-0.4, -0.2) is 12.7 Å². The van der Waals surface area contributed by atoms with Gasteiger partial charge >= 0.3 is 6.09 Å². The molecule has 1 unspecified atom stereocenters. The lowest BCUT2D eigenvalue weighted by atomic mass is 10.0. The number of unbranched alkanes of at least 4 members (excludes halogenated alkanes) is 1. The summed E-state index contributed by atoms with van der Waals surface area (Å²) in [4.78, 5) is 12.2. The molecule has 0 aliphatic carbocycles. The van der Waals surface area contributed by atoms with Gasteiger partial charge < -0.3 is 10.1 Å². The SMILES string of the molecule is CCCCOC(=O)NC(C#Cc1ccccc1)c1ccc(-c2ccccc2)cc1. The third-order valence-corrected chi connectivity index (χ3v) is 4.48. The van der Waals surface area contributed by atoms with Crippen LogP contribution in [0, 0.1) is 11.8 Å². The van der Waals surface area contributed by atoms with Crippen molar-refractivity contribution in [2.75, 3.05) is 6.61 Å². The van der Waals surface area contributed by atoms with Crippen LogP contribution in [0.4, 0.5) is 4.79 Å². The zero-order valence-electron chi connectivity index (χ0n) is 16.6. The predicted octanol–water partition coefficient (Wildman–Crippen LogP) is 5.97. The summed E-state index contributed by atoms with van der Waals surface area (Å²) < 4.78 is 5.26. The van der Waals surface area contributed by atoms with Gasteiger partial charge in [0.1, 0.15) is 6.04 Å². The molecule has 3 aromatic rings. The lowest BCUT2D eigenvalue weighted by Gasteiger charge is -2.14. The molecule has 0 spiro atoms. The van der Waals surface area contributed by atoms with Gasteiger partial charge in [-0.25, -0.2) is 4.79 Å². The van der Waals surface area contributed by atoms with Gasteiger partial charge in [-0.3, -0.25) is 0 Å². The normalized spacial score (nSPS) is 11.1. The quantitative estimate of drug-likeness (QED) is 0.420. The van der Waals surface area contributed by atoms with Crippen molar-refractivity contribution >= 4 is 6.09 Å². The maximum Gasteiger partial charge on any atom is 0.408 e. The first-order valence-electron chi connectivity index (χ1n) is 9.91. The largest absolute Gasteiger partial charge is 0.450 e. The summed E-state index contributed by atoms with van der Waals surface area (Å²) in [5.74, 6) is 6.31. The Labute approximate surface area is 172 Å². The Hall–Kier alpha value is -3.51. The maximum atomic E-state index is 12.2. The second-order valence-corrected chi connectivity index (χ2v) is 6.69. The average molecular weight is 383 g/mol. The lowest BCUT2D eigenvalue weighted by molar-refractivity contribution is 0.142. The van der Waals surface area contributed by atoms with E-state index in [-0.39, 0.29) is 0 Å². The zero-order chi connectivity index (χ0) is 20.3. The molecule has 146 valence electrons. The molecule has 0 radical (unpaired) electrons. The topological polar surface area (TPSA) is 38.3 Å². The smallest absolute Gasteiger partial charge is 0.408 e. The fourth-order valence-corrected chi connectivity index (χ4v) is 2.85. The molecule has 0 saturated carbocycles. The third kappa shape index (κ3) is 6.26. The highest BCUT2D eigenvalue weighted by atomic mass is 16.5. The first kappa shape index (κ1) is 20.2. The molecule has 0 aliphatic heterocycles. The van der Waals surface area contributed by atoms with Crippen molar-refractivity contribution in [1.29, 1.82) is 0 Å². The molecular formula is C26H25NO2. The number of alkyl carbamates (subject to hydrolysis) is 1. The minimum absolute atomic E-state index is 0.411. The van der Waals surface area contributed by atoms with E-state index in [9.17, 15) is 4.79 Å². The number of nitrogens with one attached hydrogen (secondary N) is 1. The number of hydrogen-bond acceptors (Lipinski definition) is 2. The Kier molecular flexibility index (Phi) is 7.48. The van der Waals surface area contributed by atoms with Crippen LogP contribution in [0.15, 0.2) is 84.9 Å². The molecule has 1 amide bonds. The first-order chi connectivity index (χ1) is 14.3. The number of carbonyl (C=O) groups is 1. The molecule has 29 heavy (non-hydrogen) atoms.